The normalized spacial score (nSPS) is 13.5. The zero-order valence-corrected chi connectivity index (χ0v) is 54.4. The molecular weight excluding hydrogens is 1050 g/mol. The van der Waals surface area contributed by atoms with E-state index in [-0.39, 0.29) is 25.9 Å². The predicted octanol–water partition coefficient (Wildman–Crippen LogP) is 21.3. The first kappa shape index (κ1) is 79.4. The van der Waals surface area contributed by atoms with Crippen molar-refractivity contribution in [2.45, 2.75) is 354 Å². The summed E-state index contributed by atoms with van der Waals surface area (Å²) in [6, 6.07) is 0. The second kappa shape index (κ2) is 64.4. The number of carbonyl (C=O) groups is 3. The van der Waals surface area contributed by atoms with Gasteiger partial charge in [0.05, 0.1) is 19.8 Å². The minimum atomic E-state index is -4.76. The van der Waals surface area contributed by atoms with E-state index in [4.69, 9.17) is 23.3 Å². The van der Waals surface area contributed by atoms with Gasteiger partial charge in [-0.3, -0.25) is 23.4 Å². The number of unbranched alkanes of at least 4 members (excludes halogenated alkanes) is 40. The van der Waals surface area contributed by atoms with Gasteiger partial charge in [0.15, 0.2) is 6.10 Å². The van der Waals surface area contributed by atoms with E-state index in [0.717, 1.165) is 89.9 Å². The summed E-state index contributed by atoms with van der Waals surface area (Å²) in [5.74, 6) is -1.45. The van der Waals surface area contributed by atoms with Crippen molar-refractivity contribution in [1.29, 1.82) is 0 Å². The summed E-state index contributed by atoms with van der Waals surface area (Å²) >= 11 is 0. The van der Waals surface area contributed by atoms with E-state index >= 15 is 0 Å². The highest BCUT2D eigenvalue weighted by molar-refractivity contribution is 7.47. The molecule has 0 saturated heterocycles. The Morgan fingerprint density at radius 3 is 0.988 bits per heavy atom. The van der Waals surface area contributed by atoms with Gasteiger partial charge in [-0.1, -0.05) is 294 Å². The van der Waals surface area contributed by atoms with Gasteiger partial charge in [-0.2, -0.15) is 0 Å². The molecule has 82 heavy (non-hydrogen) atoms. The molecule has 0 saturated carbocycles. The molecule has 0 amide bonds. The van der Waals surface area contributed by atoms with Gasteiger partial charge < -0.3 is 24.2 Å². The van der Waals surface area contributed by atoms with Gasteiger partial charge in [-0.25, -0.2) is 4.57 Å². The molecule has 3 unspecified atom stereocenters. The number of aliphatic hydroxyl groups excluding tert-OH is 1. The second-order valence-electron chi connectivity index (χ2n) is 23.3. The third-order valence-corrected chi connectivity index (χ3v) is 16.2. The van der Waals surface area contributed by atoms with Crippen LogP contribution in [0, 0.1) is 0 Å². The molecule has 480 valence electrons. The molecule has 11 nitrogen and oxygen atoms in total. The number of carbonyl (C=O) groups excluding carboxylic acids is 3. The molecule has 0 fully saturated rings. The molecule has 0 aliphatic carbocycles. The Morgan fingerprint density at radius 1 is 0.354 bits per heavy atom. The fourth-order valence-electron chi connectivity index (χ4n) is 10.0. The summed E-state index contributed by atoms with van der Waals surface area (Å²) in [4.78, 5) is 48.9. The largest absolute Gasteiger partial charge is 0.472 e. The summed E-state index contributed by atoms with van der Waals surface area (Å²) in [6.07, 6.45) is 72.0. The molecule has 0 radical (unpaired) electrons. The number of ether oxygens (including phenoxy) is 3. The van der Waals surface area contributed by atoms with E-state index in [1.54, 1.807) is 0 Å². The van der Waals surface area contributed by atoms with Crippen LogP contribution < -0.4 is 0 Å². The summed E-state index contributed by atoms with van der Waals surface area (Å²) < 4.78 is 39.8. The maximum Gasteiger partial charge on any atom is 0.472 e. The van der Waals surface area contributed by atoms with Gasteiger partial charge >= 0.3 is 25.7 Å². The summed E-state index contributed by atoms with van der Waals surface area (Å²) in [6.45, 7) is 4.60. The van der Waals surface area contributed by atoms with Crippen LogP contribution in [0.5, 0.6) is 0 Å². The third kappa shape index (κ3) is 62.0. The molecule has 0 aliphatic heterocycles. The fraction of sp³-hybridized carbons (Fsp3) is 0.843. The number of allylic oxidation sites excluding steroid dienone is 8. The van der Waals surface area contributed by atoms with Crippen molar-refractivity contribution in [3.05, 3.63) is 48.6 Å². The average molecular weight is 1180 g/mol. The Hall–Kier alpha value is -2.56. The molecule has 0 aromatic rings. The van der Waals surface area contributed by atoms with Crippen molar-refractivity contribution in [2.24, 2.45) is 0 Å². The monoisotopic (exact) mass is 1180 g/mol. The Labute approximate surface area is 504 Å². The van der Waals surface area contributed by atoms with Crippen molar-refractivity contribution in [2.75, 3.05) is 26.4 Å². The van der Waals surface area contributed by atoms with Gasteiger partial charge in [0.2, 0.25) is 0 Å². The van der Waals surface area contributed by atoms with Gasteiger partial charge in [0, 0.05) is 19.3 Å². The zero-order chi connectivity index (χ0) is 59.8. The molecule has 0 aliphatic rings. The van der Waals surface area contributed by atoms with E-state index in [1.807, 2.05) is 0 Å². The molecule has 0 bridgehead atoms. The van der Waals surface area contributed by atoms with Gasteiger partial charge in [0.1, 0.15) is 12.7 Å². The molecule has 2 N–H and O–H groups in total. The van der Waals surface area contributed by atoms with E-state index in [9.17, 15) is 28.9 Å². The maximum atomic E-state index is 13.0. The highest BCUT2D eigenvalue weighted by atomic mass is 31.2. The Kier molecular flexibility index (Phi) is 62.4. The first-order valence-corrected chi connectivity index (χ1v) is 36.0. The van der Waals surface area contributed by atoms with Crippen LogP contribution in [0.15, 0.2) is 48.6 Å². The first-order chi connectivity index (χ1) is 40.2. The van der Waals surface area contributed by atoms with Crippen LogP contribution in [0.25, 0.3) is 0 Å². The van der Waals surface area contributed by atoms with Crippen LogP contribution in [0.1, 0.15) is 342 Å². The van der Waals surface area contributed by atoms with E-state index in [0.29, 0.717) is 19.3 Å². The Balaban J connectivity index is 4.65. The van der Waals surface area contributed by atoms with Crippen LogP contribution in [-0.4, -0.2) is 66.5 Å². The van der Waals surface area contributed by atoms with Crippen LogP contribution in [-0.2, 0) is 42.2 Å². The minimum Gasteiger partial charge on any atom is -0.462 e. The number of aliphatic hydroxyl groups is 1. The van der Waals surface area contributed by atoms with Crippen LogP contribution in [0.4, 0.5) is 0 Å². The maximum absolute atomic E-state index is 13.0. The molecule has 0 aromatic carbocycles. The van der Waals surface area contributed by atoms with Gasteiger partial charge in [-0.15, -0.1) is 0 Å². The lowest BCUT2D eigenvalue weighted by Crippen LogP contribution is -2.30. The van der Waals surface area contributed by atoms with Crippen molar-refractivity contribution in [1.82, 2.24) is 0 Å². The lowest BCUT2D eigenvalue weighted by molar-refractivity contribution is -0.161. The smallest absolute Gasteiger partial charge is 0.462 e. The molecule has 0 aromatic heterocycles. The Morgan fingerprint density at radius 2 is 0.634 bits per heavy atom. The van der Waals surface area contributed by atoms with Crippen LogP contribution in [0.2, 0.25) is 0 Å². The third-order valence-electron chi connectivity index (χ3n) is 15.2. The van der Waals surface area contributed by atoms with Crippen molar-refractivity contribution in [3.63, 3.8) is 0 Å². The molecule has 0 heterocycles. The summed E-state index contributed by atoms with van der Waals surface area (Å²) in [5, 5.41) is 9.87. The van der Waals surface area contributed by atoms with Gasteiger partial charge in [-0.05, 0) is 77.0 Å². The Bertz CT molecular complexity index is 1560. The highest BCUT2D eigenvalue weighted by Crippen LogP contribution is 2.43. The highest BCUT2D eigenvalue weighted by Gasteiger charge is 2.28. The summed E-state index contributed by atoms with van der Waals surface area (Å²) in [5.41, 5.74) is 0. The number of esters is 3. The number of phosphoric acid groups is 1. The molecule has 12 heteroatoms. The summed E-state index contributed by atoms with van der Waals surface area (Å²) in [7, 11) is -4.76. The van der Waals surface area contributed by atoms with Gasteiger partial charge in [0.25, 0.3) is 0 Å². The number of hydrogen-bond acceptors (Lipinski definition) is 10. The second-order valence-corrected chi connectivity index (χ2v) is 24.8. The average Bonchev–Trinajstić information content (AvgIpc) is 3.49. The lowest BCUT2D eigenvalue weighted by Gasteiger charge is -2.21. The van der Waals surface area contributed by atoms with E-state index in [1.165, 1.54) is 193 Å². The van der Waals surface area contributed by atoms with E-state index in [2.05, 4.69) is 69.4 Å². The molecule has 3 atom stereocenters. The van der Waals surface area contributed by atoms with E-state index < -0.39 is 57.8 Å². The number of phosphoric ester groups is 1. The first-order valence-electron chi connectivity index (χ1n) is 34.5. The van der Waals surface area contributed by atoms with Crippen molar-refractivity contribution < 1.29 is 52.2 Å². The predicted molar refractivity (Wildman–Crippen MR) is 344 cm³/mol. The fourth-order valence-corrected chi connectivity index (χ4v) is 10.8. The lowest BCUT2D eigenvalue weighted by atomic mass is 10.0. The standard InChI is InChI=1S/C70H129O11P/c1-4-7-10-13-16-19-22-25-28-31-33-36-38-41-44-47-50-53-56-59-68(72)77-63-67(81-70(74)61-58-55-52-49-46-43-40-37-34-32-29-26-23-20-17-14-11-8-5-2)65-79-82(75,76)78-64-66(62-71)80-69(73)60-57-54-51-48-45-42-39-35-30-27-24-21-18-15-12-9-6-3/h9,12,18,21,25,27-28,30,66-67,71H,4-8,10-11,13-17,19-20,22-24,26,29,31-65H2,1-3H3,(H,75,76)/b12-9-,21-18-,28-25-,30-27-. The minimum absolute atomic E-state index is 0.168. The topological polar surface area (TPSA) is 155 Å². The molecular formula is C70H129O11P. The number of hydrogen-bond donors (Lipinski definition) is 2. The van der Waals surface area contributed by atoms with Crippen LogP contribution in [0.3, 0.4) is 0 Å². The molecule has 0 rings (SSSR count). The zero-order valence-electron chi connectivity index (χ0n) is 53.5. The van der Waals surface area contributed by atoms with Crippen LogP contribution >= 0.6 is 7.82 Å². The van der Waals surface area contributed by atoms with Crippen molar-refractivity contribution in [3.8, 4) is 0 Å². The molecule has 0 spiro atoms. The number of rotatable bonds is 65. The SMILES string of the molecule is CC/C=C\C/C=C\C/C=C\CCCCCCCCCC(=O)OC(CO)COP(=O)(O)OCC(COC(=O)CCCCCCCCCCC/C=C\CCCCCCCC)OC(=O)CCCCCCCCCCCCCCCCCCCCC. The quantitative estimate of drug-likeness (QED) is 0.0197. The van der Waals surface area contributed by atoms with Crippen molar-refractivity contribution >= 4 is 25.7 Å².